The van der Waals surface area contributed by atoms with Gasteiger partial charge in [0.25, 0.3) is 0 Å². The number of aryl methyl sites for hydroxylation is 1. The minimum Gasteiger partial charge on any atom is -0.488 e. The summed E-state index contributed by atoms with van der Waals surface area (Å²) in [5.74, 6) is 0.836. The standard InChI is InChI=1S/C11H12N2OS/c1-8-2-3-9(12)4-11(8)14-6-10-5-13-7-15-10/h2-5,7H,6,12H2,1H3. The molecular formula is C11H12N2OS. The van der Waals surface area contributed by atoms with Crippen LogP contribution in [-0.4, -0.2) is 4.98 Å². The lowest BCUT2D eigenvalue weighted by Gasteiger charge is -2.08. The molecule has 2 N–H and O–H groups in total. The van der Waals surface area contributed by atoms with Gasteiger partial charge in [-0.3, -0.25) is 4.98 Å². The Hall–Kier alpha value is -1.55. The number of ether oxygens (including phenoxy) is 1. The molecule has 0 bridgehead atoms. The molecule has 1 heterocycles. The maximum absolute atomic E-state index is 5.69. The molecule has 0 saturated heterocycles. The number of hydrogen-bond donors (Lipinski definition) is 1. The molecule has 0 amide bonds. The first-order valence-electron chi connectivity index (χ1n) is 4.62. The van der Waals surface area contributed by atoms with Gasteiger partial charge in [0.15, 0.2) is 0 Å². The minimum absolute atomic E-state index is 0.551. The molecule has 0 atom stereocenters. The molecular weight excluding hydrogens is 208 g/mol. The zero-order chi connectivity index (χ0) is 10.7. The summed E-state index contributed by atoms with van der Waals surface area (Å²) in [6.45, 7) is 2.55. The summed E-state index contributed by atoms with van der Waals surface area (Å²) in [6.07, 6.45) is 1.81. The first kappa shape index (κ1) is 9.98. The smallest absolute Gasteiger partial charge is 0.124 e. The van der Waals surface area contributed by atoms with Crippen LogP contribution in [0.5, 0.6) is 5.75 Å². The zero-order valence-corrected chi connectivity index (χ0v) is 9.25. The highest BCUT2D eigenvalue weighted by atomic mass is 32.1. The van der Waals surface area contributed by atoms with E-state index in [0.717, 1.165) is 21.9 Å². The van der Waals surface area contributed by atoms with Gasteiger partial charge >= 0.3 is 0 Å². The van der Waals surface area contributed by atoms with Gasteiger partial charge in [0.05, 0.1) is 10.4 Å². The van der Waals surface area contributed by atoms with Crippen molar-refractivity contribution in [3.8, 4) is 5.75 Å². The average molecular weight is 220 g/mol. The lowest BCUT2D eigenvalue weighted by Crippen LogP contribution is -1.96. The molecule has 1 aromatic carbocycles. The van der Waals surface area contributed by atoms with Crippen LogP contribution in [0.15, 0.2) is 29.9 Å². The van der Waals surface area contributed by atoms with Crippen LogP contribution in [0.1, 0.15) is 10.4 Å². The van der Waals surface area contributed by atoms with Gasteiger partial charge in [0.2, 0.25) is 0 Å². The molecule has 2 rings (SSSR count). The van der Waals surface area contributed by atoms with Gasteiger partial charge < -0.3 is 10.5 Å². The molecule has 1 aromatic heterocycles. The molecule has 78 valence electrons. The van der Waals surface area contributed by atoms with E-state index in [4.69, 9.17) is 10.5 Å². The predicted molar refractivity (Wildman–Crippen MR) is 62.0 cm³/mol. The quantitative estimate of drug-likeness (QED) is 0.809. The second-order valence-electron chi connectivity index (χ2n) is 3.28. The number of rotatable bonds is 3. The highest BCUT2D eigenvalue weighted by Gasteiger charge is 2.01. The van der Waals surface area contributed by atoms with E-state index in [9.17, 15) is 0 Å². The minimum atomic E-state index is 0.551. The molecule has 2 aromatic rings. The van der Waals surface area contributed by atoms with Gasteiger partial charge in [-0.05, 0) is 18.6 Å². The van der Waals surface area contributed by atoms with Crippen molar-refractivity contribution in [3.63, 3.8) is 0 Å². The van der Waals surface area contributed by atoms with Crippen molar-refractivity contribution in [3.05, 3.63) is 40.3 Å². The van der Waals surface area contributed by atoms with Crippen molar-refractivity contribution < 1.29 is 4.74 Å². The number of nitrogens with zero attached hydrogens (tertiary/aromatic N) is 1. The summed E-state index contributed by atoms with van der Waals surface area (Å²) in [6, 6.07) is 5.67. The van der Waals surface area contributed by atoms with Crippen LogP contribution in [0.25, 0.3) is 0 Å². The van der Waals surface area contributed by atoms with Crippen molar-refractivity contribution in [1.29, 1.82) is 0 Å². The van der Waals surface area contributed by atoms with Gasteiger partial charge in [-0.25, -0.2) is 0 Å². The van der Waals surface area contributed by atoms with E-state index in [1.54, 1.807) is 16.8 Å². The van der Waals surface area contributed by atoms with Crippen LogP contribution in [0, 0.1) is 6.92 Å². The van der Waals surface area contributed by atoms with E-state index in [2.05, 4.69) is 4.98 Å². The number of nitrogen functional groups attached to an aromatic ring is 1. The summed E-state index contributed by atoms with van der Waals surface area (Å²) < 4.78 is 5.65. The van der Waals surface area contributed by atoms with Crippen LogP contribution < -0.4 is 10.5 Å². The fourth-order valence-corrected chi connectivity index (χ4v) is 1.74. The van der Waals surface area contributed by atoms with E-state index in [1.165, 1.54) is 0 Å². The summed E-state index contributed by atoms with van der Waals surface area (Å²) >= 11 is 1.58. The molecule has 15 heavy (non-hydrogen) atoms. The highest BCUT2D eigenvalue weighted by Crippen LogP contribution is 2.22. The maximum atomic E-state index is 5.69. The number of thiazole rings is 1. The lowest BCUT2D eigenvalue weighted by atomic mass is 10.2. The Morgan fingerprint density at radius 1 is 1.47 bits per heavy atom. The monoisotopic (exact) mass is 220 g/mol. The van der Waals surface area contributed by atoms with Crippen molar-refractivity contribution in [2.45, 2.75) is 13.5 Å². The van der Waals surface area contributed by atoms with Crippen molar-refractivity contribution in [1.82, 2.24) is 4.98 Å². The van der Waals surface area contributed by atoms with E-state index in [-0.39, 0.29) is 0 Å². The van der Waals surface area contributed by atoms with E-state index >= 15 is 0 Å². The fourth-order valence-electron chi connectivity index (χ4n) is 1.23. The second-order valence-corrected chi connectivity index (χ2v) is 4.25. The number of hydrogen-bond acceptors (Lipinski definition) is 4. The number of anilines is 1. The zero-order valence-electron chi connectivity index (χ0n) is 8.43. The van der Waals surface area contributed by atoms with Crippen molar-refractivity contribution >= 4 is 17.0 Å². The summed E-state index contributed by atoms with van der Waals surface area (Å²) in [5, 5.41) is 0. The molecule has 0 aliphatic carbocycles. The fraction of sp³-hybridized carbons (Fsp3) is 0.182. The Morgan fingerprint density at radius 2 is 2.33 bits per heavy atom. The average Bonchev–Trinajstić information content (AvgIpc) is 2.72. The molecule has 0 aliphatic rings. The molecule has 0 fully saturated rings. The normalized spacial score (nSPS) is 10.2. The van der Waals surface area contributed by atoms with Crippen LogP contribution in [-0.2, 0) is 6.61 Å². The third-order valence-corrected chi connectivity index (χ3v) is 2.82. The predicted octanol–water partition coefficient (Wildman–Crippen LogP) is 2.61. The maximum Gasteiger partial charge on any atom is 0.124 e. The van der Waals surface area contributed by atoms with Crippen molar-refractivity contribution in [2.24, 2.45) is 0 Å². The third-order valence-electron chi connectivity index (χ3n) is 2.07. The first-order valence-corrected chi connectivity index (χ1v) is 5.50. The van der Waals surface area contributed by atoms with E-state index in [1.807, 2.05) is 31.3 Å². The Kier molecular flexibility index (Phi) is 2.87. The van der Waals surface area contributed by atoms with Crippen LogP contribution in [0.3, 0.4) is 0 Å². The van der Waals surface area contributed by atoms with Gasteiger partial charge in [-0.1, -0.05) is 6.07 Å². The Bertz CT molecular complexity index is 440. The van der Waals surface area contributed by atoms with Crippen molar-refractivity contribution in [2.75, 3.05) is 5.73 Å². The lowest BCUT2D eigenvalue weighted by molar-refractivity contribution is 0.307. The largest absolute Gasteiger partial charge is 0.488 e. The third kappa shape index (κ3) is 2.47. The highest BCUT2D eigenvalue weighted by molar-refractivity contribution is 7.09. The topological polar surface area (TPSA) is 48.1 Å². The van der Waals surface area contributed by atoms with Crippen LogP contribution in [0.2, 0.25) is 0 Å². The number of nitrogens with two attached hydrogens (primary N) is 1. The summed E-state index contributed by atoms with van der Waals surface area (Å²) in [7, 11) is 0. The molecule has 0 unspecified atom stereocenters. The molecule has 0 spiro atoms. The Morgan fingerprint density at radius 3 is 3.07 bits per heavy atom. The summed E-state index contributed by atoms with van der Waals surface area (Å²) in [4.78, 5) is 5.10. The van der Waals surface area contributed by atoms with Gasteiger partial charge in [-0.2, -0.15) is 0 Å². The molecule has 3 nitrogen and oxygen atoms in total. The Labute approximate surface area is 92.5 Å². The number of aromatic nitrogens is 1. The van der Waals surface area contributed by atoms with Gasteiger partial charge in [0.1, 0.15) is 12.4 Å². The van der Waals surface area contributed by atoms with Crippen LogP contribution >= 0.6 is 11.3 Å². The molecule has 0 aliphatic heterocycles. The Balaban J connectivity index is 2.07. The SMILES string of the molecule is Cc1ccc(N)cc1OCc1cncs1. The van der Waals surface area contributed by atoms with E-state index < -0.39 is 0 Å². The first-order chi connectivity index (χ1) is 7.25. The molecule has 4 heteroatoms. The molecule has 0 radical (unpaired) electrons. The van der Waals surface area contributed by atoms with Crippen LogP contribution in [0.4, 0.5) is 5.69 Å². The summed E-state index contributed by atoms with van der Waals surface area (Å²) in [5.41, 5.74) is 9.30. The van der Waals surface area contributed by atoms with E-state index in [0.29, 0.717) is 6.61 Å². The van der Waals surface area contributed by atoms with Gasteiger partial charge in [0, 0.05) is 18.0 Å². The second kappa shape index (κ2) is 4.31. The molecule has 0 saturated carbocycles. The van der Waals surface area contributed by atoms with Gasteiger partial charge in [-0.15, -0.1) is 11.3 Å². The number of benzene rings is 1.